The van der Waals surface area contributed by atoms with Crippen LogP contribution in [-0.4, -0.2) is 27.3 Å². The van der Waals surface area contributed by atoms with Crippen LogP contribution in [0.3, 0.4) is 0 Å². The zero-order chi connectivity index (χ0) is 12.3. The highest BCUT2D eigenvalue weighted by Crippen LogP contribution is 2.26. The van der Waals surface area contributed by atoms with Gasteiger partial charge in [0.25, 0.3) is 0 Å². The monoisotopic (exact) mass is 253 g/mol. The van der Waals surface area contributed by atoms with E-state index in [4.69, 9.17) is 5.73 Å². The molecule has 1 fully saturated rings. The van der Waals surface area contributed by atoms with Crippen molar-refractivity contribution in [2.45, 2.75) is 45.2 Å². The Balaban J connectivity index is 1.91. The van der Waals surface area contributed by atoms with Gasteiger partial charge in [-0.05, 0) is 43.3 Å². The van der Waals surface area contributed by atoms with E-state index in [1.807, 2.05) is 11.8 Å². The van der Waals surface area contributed by atoms with Gasteiger partial charge in [-0.1, -0.05) is 6.92 Å². The number of hydrogen-bond acceptors (Lipinski definition) is 3. The standard InChI is InChI=1S/C13H23N3S/c1-3-10(2)16-6-4-12(15-16)8-13(14)11-5-7-17-9-11/h4,6,10-11,13H,3,5,7-9,14H2,1-2H3. The van der Waals surface area contributed by atoms with Gasteiger partial charge in [-0.15, -0.1) is 0 Å². The van der Waals surface area contributed by atoms with Gasteiger partial charge in [-0.3, -0.25) is 4.68 Å². The topological polar surface area (TPSA) is 43.8 Å². The summed E-state index contributed by atoms with van der Waals surface area (Å²) >= 11 is 2.03. The molecule has 4 heteroatoms. The van der Waals surface area contributed by atoms with Gasteiger partial charge in [-0.2, -0.15) is 16.9 Å². The van der Waals surface area contributed by atoms with Crippen molar-refractivity contribution < 1.29 is 0 Å². The number of hydrogen-bond donors (Lipinski definition) is 1. The molecule has 2 heterocycles. The van der Waals surface area contributed by atoms with Crippen molar-refractivity contribution in [2.24, 2.45) is 11.7 Å². The molecule has 1 aliphatic heterocycles. The van der Waals surface area contributed by atoms with Crippen LogP contribution in [0.15, 0.2) is 12.3 Å². The van der Waals surface area contributed by atoms with Crippen LogP contribution in [0.4, 0.5) is 0 Å². The lowest BCUT2D eigenvalue weighted by Gasteiger charge is -2.16. The average molecular weight is 253 g/mol. The third kappa shape index (κ3) is 3.26. The van der Waals surface area contributed by atoms with E-state index in [0.717, 1.165) is 18.5 Å². The van der Waals surface area contributed by atoms with Crippen molar-refractivity contribution in [3.8, 4) is 0 Å². The van der Waals surface area contributed by atoms with Crippen LogP contribution >= 0.6 is 11.8 Å². The Kier molecular flexibility index (Phi) is 4.51. The minimum absolute atomic E-state index is 0.283. The molecule has 3 nitrogen and oxygen atoms in total. The smallest absolute Gasteiger partial charge is 0.0640 e. The molecule has 0 saturated carbocycles. The predicted octanol–water partition coefficient (Wildman–Crippen LogP) is 2.48. The fourth-order valence-corrected chi connectivity index (χ4v) is 3.57. The normalized spacial score (nSPS) is 23.8. The fourth-order valence-electron chi connectivity index (χ4n) is 2.22. The molecule has 1 saturated heterocycles. The quantitative estimate of drug-likeness (QED) is 0.876. The minimum Gasteiger partial charge on any atom is -0.327 e. The average Bonchev–Trinajstić information content (AvgIpc) is 2.98. The first-order chi connectivity index (χ1) is 8.20. The molecular weight excluding hydrogens is 230 g/mol. The van der Waals surface area contributed by atoms with Crippen LogP contribution < -0.4 is 5.73 Å². The molecule has 1 aromatic heterocycles. The van der Waals surface area contributed by atoms with E-state index < -0.39 is 0 Å². The zero-order valence-electron chi connectivity index (χ0n) is 10.8. The minimum atomic E-state index is 0.283. The first-order valence-electron chi connectivity index (χ1n) is 6.58. The summed E-state index contributed by atoms with van der Waals surface area (Å²) in [6.07, 6.45) is 5.40. The summed E-state index contributed by atoms with van der Waals surface area (Å²) in [5, 5.41) is 4.62. The highest BCUT2D eigenvalue weighted by molar-refractivity contribution is 7.99. The Morgan fingerprint density at radius 2 is 2.47 bits per heavy atom. The Bertz CT molecular complexity index is 344. The van der Waals surface area contributed by atoms with Crippen molar-refractivity contribution in [3.63, 3.8) is 0 Å². The van der Waals surface area contributed by atoms with Gasteiger partial charge < -0.3 is 5.73 Å². The maximum absolute atomic E-state index is 6.27. The van der Waals surface area contributed by atoms with Gasteiger partial charge in [0.05, 0.1) is 5.69 Å². The molecular formula is C13H23N3S. The van der Waals surface area contributed by atoms with E-state index in [-0.39, 0.29) is 6.04 Å². The van der Waals surface area contributed by atoms with Gasteiger partial charge >= 0.3 is 0 Å². The lowest BCUT2D eigenvalue weighted by Crippen LogP contribution is -2.32. The van der Waals surface area contributed by atoms with Crippen LogP contribution in [0.25, 0.3) is 0 Å². The molecule has 1 aromatic rings. The van der Waals surface area contributed by atoms with Gasteiger partial charge in [0, 0.05) is 24.7 Å². The molecule has 3 atom stereocenters. The van der Waals surface area contributed by atoms with Crippen LogP contribution in [0.5, 0.6) is 0 Å². The van der Waals surface area contributed by atoms with Gasteiger partial charge in [0.1, 0.15) is 0 Å². The summed E-state index contributed by atoms with van der Waals surface area (Å²) in [5.41, 5.74) is 7.41. The molecule has 0 spiro atoms. The molecule has 0 amide bonds. The van der Waals surface area contributed by atoms with Gasteiger partial charge in [0.2, 0.25) is 0 Å². The number of aromatic nitrogens is 2. The Hall–Kier alpha value is -0.480. The molecule has 3 unspecified atom stereocenters. The van der Waals surface area contributed by atoms with E-state index in [9.17, 15) is 0 Å². The Morgan fingerprint density at radius 1 is 1.65 bits per heavy atom. The van der Waals surface area contributed by atoms with Crippen LogP contribution in [0, 0.1) is 5.92 Å². The van der Waals surface area contributed by atoms with E-state index in [1.54, 1.807) is 0 Å². The fraction of sp³-hybridized carbons (Fsp3) is 0.769. The third-order valence-electron chi connectivity index (χ3n) is 3.72. The van der Waals surface area contributed by atoms with Gasteiger partial charge in [0.15, 0.2) is 0 Å². The summed E-state index contributed by atoms with van der Waals surface area (Å²) in [6.45, 7) is 4.39. The number of nitrogens with two attached hydrogens (primary N) is 1. The number of rotatable bonds is 5. The number of nitrogens with zero attached hydrogens (tertiary/aromatic N) is 2. The van der Waals surface area contributed by atoms with E-state index in [2.05, 4.69) is 35.9 Å². The Morgan fingerprint density at radius 3 is 3.12 bits per heavy atom. The molecule has 17 heavy (non-hydrogen) atoms. The molecule has 2 rings (SSSR count). The van der Waals surface area contributed by atoms with Crippen molar-refractivity contribution in [2.75, 3.05) is 11.5 Å². The first-order valence-corrected chi connectivity index (χ1v) is 7.73. The predicted molar refractivity (Wildman–Crippen MR) is 74.3 cm³/mol. The van der Waals surface area contributed by atoms with Crippen molar-refractivity contribution >= 4 is 11.8 Å². The summed E-state index contributed by atoms with van der Waals surface area (Å²) < 4.78 is 2.06. The van der Waals surface area contributed by atoms with Crippen LogP contribution in [0.1, 0.15) is 38.4 Å². The molecule has 2 N–H and O–H groups in total. The first kappa shape index (κ1) is 13.0. The second-order valence-corrected chi connectivity index (χ2v) is 6.19. The molecule has 0 radical (unpaired) electrons. The molecule has 96 valence electrons. The highest BCUT2D eigenvalue weighted by atomic mass is 32.2. The molecule has 1 aliphatic rings. The molecule has 0 bridgehead atoms. The summed E-state index contributed by atoms with van der Waals surface area (Å²) in [6, 6.07) is 2.89. The van der Waals surface area contributed by atoms with E-state index >= 15 is 0 Å². The van der Waals surface area contributed by atoms with Crippen molar-refractivity contribution in [1.29, 1.82) is 0 Å². The Labute approximate surface area is 108 Å². The summed E-state index contributed by atoms with van der Waals surface area (Å²) in [4.78, 5) is 0. The third-order valence-corrected chi connectivity index (χ3v) is 4.91. The lowest BCUT2D eigenvalue weighted by atomic mass is 9.96. The maximum Gasteiger partial charge on any atom is 0.0640 e. The summed E-state index contributed by atoms with van der Waals surface area (Å²) in [5.74, 6) is 3.20. The summed E-state index contributed by atoms with van der Waals surface area (Å²) in [7, 11) is 0. The van der Waals surface area contributed by atoms with E-state index in [0.29, 0.717) is 12.0 Å². The lowest BCUT2D eigenvalue weighted by molar-refractivity contribution is 0.444. The second-order valence-electron chi connectivity index (χ2n) is 5.04. The van der Waals surface area contributed by atoms with Crippen molar-refractivity contribution in [3.05, 3.63) is 18.0 Å². The SMILES string of the molecule is CCC(C)n1ccc(CC(N)C2CCSC2)n1. The van der Waals surface area contributed by atoms with Crippen molar-refractivity contribution in [1.82, 2.24) is 9.78 Å². The largest absolute Gasteiger partial charge is 0.327 e. The van der Waals surface area contributed by atoms with E-state index in [1.165, 1.54) is 17.9 Å². The van der Waals surface area contributed by atoms with Gasteiger partial charge in [-0.25, -0.2) is 0 Å². The molecule has 0 aliphatic carbocycles. The highest BCUT2D eigenvalue weighted by Gasteiger charge is 2.23. The van der Waals surface area contributed by atoms with Crippen LogP contribution in [-0.2, 0) is 6.42 Å². The number of thioether (sulfide) groups is 1. The van der Waals surface area contributed by atoms with Crippen LogP contribution in [0.2, 0.25) is 0 Å². The maximum atomic E-state index is 6.27. The molecule has 0 aromatic carbocycles. The second kappa shape index (κ2) is 5.91. The zero-order valence-corrected chi connectivity index (χ0v) is 11.6.